The molecule has 1 heterocycles. The topological polar surface area (TPSA) is 95.5 Å². The van der Waals surface area contributed by atoms with E-state index >= 15 is 0 Å². The lowest BCUT2D eigenvalue weighted by Gasteiger charge is -2.38. The molecule has 1 aliphatic heterocycles. The third kappa shape index (κ3) is 1.75. The summed E-state index contributed by atoms with van der Waals surface area (Å²) in [5, 5.41) is 14.1. The predicted octanol–water partition coefficient (Wildman–Crippen LogP) is -0.611. The van der Waals surface area contributed by atoms with Crippen LogP contribution in [0.5, 0.6) is 0 Å². The van der Waals surface area contributed by atoms with E-state index in [0.29, 0.717) is 25.7 Å². The maximum atomic E-state index is 11.7. The fourth-order valence-electron chi connectivity index (χ4n) is 2.06. The summed E-state index contributed by atoms with van der Waals surface area (Å²) in [5.41, 5.74) is -1.09. The lowest BCUT2D eigenvalue weighted by molar-refractivity contribution is -0.152. The number of amides is 2. The van der Waals surface area contributed by atoms with E-state index in [1.807, 2.05) is 0 Å². The van der Waals surface area contributed by atoms with E-state index in [-0.39, 0.29) is 11.8 Å². The van der Waals surface area contributed by atoms with Crippen LogP contribution in [0.2, 0.25) is 0 Å². The molecule has 1 aliphatic carbocycles. The number of hydrogen-bond donors (Lipinski definition) is 3. The van der Waals surface area contributed by atoms with Crippen LogP contribution in [-0.2, 0) is 14.4 Å². The Kier molecular flexibility index (Phi) is 2.57. The standard InChI is InChI=1S/C10H14N2O4/c13-7-3-2-6(11-7)8(14)12-10(9(15)16)4-1-5-10/h6H,1-5H2,(H,11,13)(H,12,14)(H,15,16)/t6-/m0/s1. The van der Waals surface area contributed by atoms with Crippen molar-refractivity contribution in [1.82, 2.24) is 10.6 Å². The van der Waals surface area contributed by atoms with Gasteiger partial charge in [-0.15, -0.1) is 0 Å². The number of carboxylic acid groups (broad SMARTS) is 1. The summed E-state index contributed by atoms with van der Waals surface area (Å²) in [7, 11) is 0. The molecule has 0 radical (unpaired) electrons. The molecule has 2 amide bonds. The second-order valence-corrected chi connectivity index (χ2v) is 4.39. The highest BCUT2D eigenvalue weighted by Crippen LogP contribution is 2.32. The molecule has 2 aliphatic rings. The van der Waals surface area contributed by atoms with E-state index in [9.17, 15) is 14.4 Å². The first-order valence-corrected chi connectivity index (χ1v) is 5.38. The lowest BCUT2D eigenvalue weighted by Crippen LogP contribution is -2.61. The number of nitrogens with one attached hydrogen (secondary N) is 2. The van der Waals surface area contributed by atoms with Crippen LogP contribution >= 0.6 is 0 Å². The average molecular weight is 226 g/mol. The van der Waals surface area contributed by atoms with Gasteiger partial charge in [-0.1, -0.05) is 0 Å². The van der Waals surface area contributed by atoms with Crippen molar-refractivity contribution in [2.75, 3.05) is 0 Å². The molecule has 0 bridgehead atoms. The van der Waals surface area contributed by atoms with Crippen LogP contribution in [0.1, 0.15) is 32.1 Å². The molecule has 3 N–H and O–H groups in total. The fraction of sp³-hybridized carbons (Fsp3) is 0.700. The Morgan fingerprint density at radius 3 is 2.50 bits per heavy atom. The first kappa shape index (κ1) is 10.9. The second-order valence-electron chi connectivity index (χ2n) is 4.39. The van der Waals surface area contributed by atoms with Crippen LogP contribution in [0.25, 0.3) is 0 Å². The maximum Gasteiger partial charge on any atom is 0.329 e. The van der Waals surface area contributed by atoms with Crippen molar-refractivity contribution >= 4 is 17.8 Å². The highest BCUT2D eigenvalue weighted by atomic mass is 16.4. The minimum absolute atomic E-state index is 0.155. The summed E-state index contributed by atoms with van der Waals surface area (Å²) >= 11 is 0. The molecule has 0 aromatic heterocycles. The smallest absolute Gasteiger partial charge is 0.329 e. The summed E-state index contributed by atoms with van der Waals surface area (Å²) in [5.74, 6) is -1.53. The van der Waals surface area contributed by atoms with Gasteiger partial charge in [0.05, 0.1) is 0 Å². The van der Waals surface area contributed by atoms with Crippen molar-refractivity contribution in [3.8, 4) is 0 Å². The highest BCUT2D eigenvalue weighted by Gasteiger charge is 2.46. The van der Waals surface area contributed by atoms with Crippen LogP contribution in [0.3, 0.4) is 0 Å². The van der Waals surface area contributed by atoms with E-state index in [0.717, 1.165) is 6.42 Å². The van der Waals surface area contributed by atoms with E-state index in [1.165, 1.54) is 0 Å². The number of carbonyl (C=O) groups excluding carboxylic acids is 2. The van der Waals surface area contributed by atoms with Gasteiger partial charge in [0.25, 0.3) is 0 Å². The Hall–Kier alpha value is -1.59. The van der Waals surface area contributed by atoms with Gasteiger partial charge in [0.1, 0.15) is 11.6 Å². The summed E-state index contributed by atoms with van der Waals surface area (Å²) in [6.07, 6.45) is 2.52. The van der Waals surface area contributed by atoms with Crippen molar-refractivity contribution in [1.29, 1.82) is 0 Å². The van der Waals surface area contributed by atoms with Gasteiger partial charge in [0.15, 0.2) is 0 Å². The van der Waals surface area contributed by atoms with E-state index in [4.69, 9.17) is 5.11 Å². The molecule has 16 heavy (non-hydrogen) atoms. The molecule has 1 saturated carbocycles. The summed E-state index contributed by atoms with van der Waals surface area (Å²) in [6.45, 7) is 0. The minimum atomic E-state index is -1.09. The summed E-state index contributed by atoms with van der Waals surface area (Å²) < 4.78 is 0. The van der Waals surface area contributed by atoms with Crippen LogP contribution in [-0.4, -0.2) is 34.5 Å². The van der Waals surface area contributed by atoms with Gasteiger partial charge in [-0.05, 0) is 25.7 Å². The van der Waals surface area contributed by atoms with Crippen LogP contribution in [0.15, 0.2) is 0 Å². The Bertz CT molecular complexity index is 349. The fourth-order valence-corrected chi connectivity index (χ4v) is 2.06. The van der Waals surface area contributed by atoms with Gasteiger partial charge in [0.2, 0.25) is 11.8 Å². The predicted molar refractivity (Wildman–Crippen MR) is 53.5 cm³/mol. The summed E-state index contributed by atoms with van der Waals surface area (Å²) in [6, 6.07) is -0.565. The first-order valence-electron chi connectivity index (χ1n) is 5.38. The van der Waals surface area contributed by atoms with Crippen LogP contribution in [0, 0.1) is 0 Å². The quantitative estimate of drug-likeness (QED) is 0.598. The van der Waals surface area contributed by atoms with Gasteiger partial charge in [0, 0.05) is 6.42 Å². The van der Waals surface area contributed by atoms with Gasteiger partial charge < -0.3 is 15.7 Å². The molecule has 6 nitrogen and oxygen atoms in total. The molecule has 2 rings (SSSR count). The zero-order valence-electron chi connectivity index (χ0n) is 8.78. The molecule has 2 fully saturated rings. The number of aliphatic carboxylic acids is 1. The third-order valence-corrected chi connectivity index (χ3v) is 3.29. The Labute approximate surface area is 92.4 Å². The van der Waals surface area contributed by atoms with Gasteiger partial charge >= 0.3 is 5.97 Å². The molecule has 0 aromatic rings. The normalized spacial score (nSPS) is 26.8. The minimum Gasteiger partial charge on any atom is -0.480 e. The zero-order chi connectivity index (χ0) is 11.8. The number of hydrogen-bond acceptors (Lipinski definition) is 3. The average Bonchev–Trinajstić information content (AvgIpc) is 2.57. The molecule has 6 heteroatoms. The zero-order valence-corrected chi connectivity index (χ0v) is 8.78. The van der Waals surface area contributed by atoms with Crippen molar-refractivity contribution in [3.05, 3.63) is 0 Å². The SMILES string of the molecule is O=C1CC[C@@H](C(=O)NC2(C(=O)O)CCC2)N1. The molecule has 0 aromatic carbocycles. The first-order chi connectivity index (χ1) is 7.53. The van der Waals surface area contributed by atoms with Crippen molar-refractivity contribution in [3.63, 3.8) is 0 Å². The largest absolute Gasteiger partial charge is 0.480 e. The molecule has 0 unspecified atom stereocenters. The van der Waals surface area contributed by atoms with Gasteiger partial charge in [-0.2, -0.15) is 0 Å². The van der Waals surface area contributed by atoms with Gasteiger partial charge in [-0.25, -0.2) is 4.79 Å². The number of rotatable bonds is 3. The number of carboxylic acids is 1. The Morgan fingerprint density at radius 1 is 1.44 bits per heavy atom. The lowest BCUT2D eigenvalue weighted by atomic mass is 9.76. The second kappa shape index (κ2) is 3.77. The van der Waals surface area contributed by atoms with Crippen molar-refractivity contribution < 1.29 is 19.5 Å². The third-order valence-electron chi connectivity index (χ3n) is 3.29. The molecule has 88 valence electrons. The monoisotopic (exact) mass is 226 g/mol. The van der Waals surface area contributed by atoms with Crippen LogP contribution in [0.4, 0.5) is 0 Å². The van der Waals surface area contributed by atoms with E-state index in [1.54, 1.807) is 0 Å². The van der Waals surface area contributed by atoms with Crippen LogP contribution < -0.4 is 10.6 Å². The summed E-state index contributed by atoms with van der Waals surface area (Å²) in [4.78, 5) is 33.7. The van der Waals surface area contributed by atoms with E-state index < -0.39 is 17.6 Å². The molecule has 0 spiro atoms. The maximum absolute atomic E-state index is 11.7. The number of carbonyl (C=O) groups is 3. The molecular weight excluding hydrogens is 212 g/mol. The Balaban J connectivity index is 1.96. The molecule has 1 atom stereocenters. The van der Waals surface area contributed by atoms with Crippen molar-refractivity contribution in [2.45, 2.75) is 43.7 Å². The molecular formula is C10H14N2O4. The highest BCUT2D eigenvalue weighted by molar-refractivity contribution is 5.94. The molecule has 1 saturated heterocycles. The van der Waals surface area contributed by atoms with Crippen molar-refractivity contribution in [2.24, 2.45) is 0 Å². The Morgan fingerprint density at radius 2 is 2.12 bits per heavy atom. The van der Waals surface area contributed by atoms with Gasteiger partial charge in [-0.3, -0.25) is 9.59 Å². The van der Waals surface area contributed by atoms with E-state index in [2.05, 4.69) is 10.6 Å².